The van der Waals surface area contributed by atoms with Crippen LogP contribution in [0.4, 0.5) is 0 Å². The molecule has 0 spiro atoms. The highest BCUT2D eigenvalue weighted by Crippen LogP contribution is 2.57. The number of allylic oxidation sites excluding steroid dienone is 1. The van der Waals surface area contributed by atoms with Gasteiger partial charge >= 0.3 is 11.9 Å². The molecule has 0 saturated heterocycles. The number of hydrogen-bond donors (Lipinski definition) is 0. The number of esters is 2. The third-order valence-electron chi connectivity index (χ3n) is 5.75. The summed E-state index contributed by atoms with van der Waals surface area (Å²) in [5.74, 6) is -1.93. The predicted octanol–water partition coefficient (Wildman–Crippen LogP) is 1.86. The molecule has 0 N–H and O–H groups in total. The van der Waals surface area contributed by atoms with E-state index in [1.165, 1.54) is 18.2 Å². The van der Waals surface area contributed by atoms with Gasteiger partial charge in [-0.3, -0.25) is 14.4 Å². The molecule has 0 radical (unpaired) electrons. The smallest absolute Gasteiger partial charge is 0.323 e. The Morgan fingerprint density at radius 2 is 1.64 bits per heavy atom. The van der Waals surface area contributed by atoms with Gasteiger partial charge in [0.25, 0.3) is 0 Å². The zero-order chi connectivity index (χ0) is 20.7. The highest BCUT2D eigenvalue weighted by molar-refractivity contribution is 7.92. The summed E-state index contributed by atoms with van der Waals surface area (Å²) in [6, 6.07) is 7.79. The lowest BCUT2D eigenvalue weighted by Crippen LogP contribution is -2.53. The summed E-state index contributed by atoms with van der Waals surface area (Å²) in [7, 11) is -1.69. The molecule has 28 heavy (non-hydrogen) atoms. The van der Waals surface area contributed by atoms with Crippen molar-refractivity contribution in [3.8, 4) is 0 Å². The van der Waals surface area contributed by atoms with Crippen molar-refractivity contribution in [1.82, 2.24) is 0 Å². The molecule has 150 valence electrons. The third kappa shape index (κ3) is 2.96. The molecule has 2 atom stereocenters. The predicted molar refractivity (Wildman–Crippen MR) is 98.9 cm³/mol. The van der Waals surface area contributed by atoms with Crippen LogP contribution in [0.15, 0.2) is 46.9 Å². The molecule has 0 amide bonds. The van der Waals surface area contributed by atoms with E-state index in [2.05, 4.69) is 0 Å². The minimum atomic E-state index is -3.97. The van der Waals surface area contributed by atoms with Gasteiger partial charge in [-0.1, -0.05) is 25.1 Å². The number of methoxy groups -OCH3 is 2. The van der Waals surface area contributed by atoms with Crippen LogP contribution in [0.3, 0.4) is 0 Å². The number of carbonyl (C=O) groups excluding carboxylic acids is 3. The molecule has 1 fully saturated rings. The van der Waals surface area contributed by atoms with Crippen molar-refractivity contribution < 1.29 is 32.3 Å². The van der Waals surface area contributed by atoms with Crippen LogP contribution in [-0.2, 0) is 33.7 Å². The Morgan fingerprint density at radius 3 is 2.18 bits per heavy atom. The first-order valence-electron chi connectivity index (χ1n) is 8.81. The van der Waals surface area contributed by atoms with Gasteiger partial charge in [-0.2, -0.15) is 0 Å². The minimum absolute atomic E-state index is 0.0267. The standard InChI is InChI=1S/C20H22O7S/c1-19-10-13(21)9-15(19)16(28(24,25)14-7-5-4-6-8-14)11-20(12-19,17(22)26-2)18(23)27-3/h4-9,16H,10-12H2,1-3H3/t16-,19+/m1/s1. The maximum absolute atomic E-state index is 13.4. The molecule has 1 saturated carbocycles. The quantitative estimate of drug-likeness (QED) is 0.555. The number of benzene rings is 1. The number of ether oxygens (including phenoxy) is 2. The van der Waals surface area contributed by atoms with Gasteiger partial charge in [0.05, 0.1) is 24.4 Å². The van der Waals surface area contributed by atoms with E-state index in [1.54, 1.807) is 25.1 Å². The number of rotatable bonds is 4. The van der Waals surface area contributed by atoms with Crippen molar-refractivity contribution in [2.24, 2.45) is 10.8 Å². The highest BCUT2D eigenvalue weighted by atomic mass is 32.2. The van der Waals surface area contributed by atoms with Gasteiger partial charge in [0.2, 0.25) is 0 Å². The SMILES string of the molecule is COC(=O)C1(C(=O)OC)C[C@@H](S(=O)(=O)c2ccccc2)C2=CC(=O)C[C@@]2(C)C1. The average molecular weight is 406 g/mol. The van der Waals surface area contributed by atoms with Crippen molar-refractivity contribution in [1.29, 1.82) is 0 Å². The first-order valence-corrected chi connectivity index (χ1v) is 10.4. The van der Waals surface area contributed by atoms with Crippen LogP contribution < -0.4 is 0 Å². The minimum Gasteiger partial charge on any atom is -0.468 e. The Kier molecular flexibility index (Phi) is 4.95. The molecular formula is C20H22O7S. The number of hydrogen-bond acceptors (Lipinski definition) is 7. The monoisotopic (exact) mass is 406 g/mol. The molecule has 0 bridgehead atoms. The molecule has 2 aliphatic carbocycles. The van der Waals surface area contributed by atoms with E-state index in [0.717, 1.165) is 14.2 Å². The second-order valence-electron chi connectivity index (χ2n) is 7.60. The van der Waals surface area contributed by atoms with Crippen molar-refractivity contribution in [3.05, 3.63) is 42.0 Å². The van der Waals surface area contributed by atoms with E-state index in [-0.39, 0.29) is 29.9 Å². The second-order valence-corrected chi connectivity index (χ2v) is 9.73. The van der Waals surface area contributed by atoms with E-state index in [4.69, 9.17) is 9.47 Å². The topological polar surface area (TPSA) is 104 Å². The van der Waals surface area contributed by atoms with E-state index < -0.39 is 37.9 Å². The maximum atomic E-state index is 13.4. The zero-order valence-corrected chi connectivity index (χ0v) is 16.7. The molecule has 8 heteroatoms. The van der Waals surface area contributed by atoms with E-state index in [9.17, 15) is 22.8 Å². The summed E-state index contributed by atoms with van der Waals surface area (Å²) in [4.78, 5) is 37.6. The number of sulfone groups is 1. The van der Waals surface area contributed by atoms with Crippen LogP contribution in [0.5, 0.6) is 0 Å². The summed E-state index contributed by atoms with van der Waals surface area (Å²) < 4.78 is 36.6. The van der Waals surface area contributed by atoms with E-state index in [0.29, 0.717) is 5.57 Å². The van der Waals surface area contributed by atoms with Crippen molar-refractivity contribution in [3.63, 3.8) is 0 Å². The van der Waals surface area contributed by atoms with Crippen LogP contribution in [0, 0.1) is 10.8 Å². The van der Waals surface area contributed by atoms with E-state index in [1.807, 2.05) is 0 Å². The van der Waals surface area contributed by atoms with Crippen molar-refractivity contribution >= 4 is 27.6 Å². The summed E-state index contributed by atoms with van der Waals surface area (Å²) >= 11 is 0. The summed E-state index contributed by atoms with van der Waals surface area (Å²) in [5.41, 5.74) is -2.32. The lowest BCUT2D eigenvalue weighted by molar-refractivity contribution is -0.173. The Bertz CT molecular complexity index is 946. The molecule has 3 rings (SSSR count). The molecule has 1 aromatic carbocycles. The fourth-order valence-electron chi connectivity index (χ4n) is 4.53. The average Bonchev–Trinajstić information content (AvgIpc) is 2.99. The van der Waals surface area contributed by atoms with Crippen molar-refractivity contribution in [2.75, 3.05) is 14.2 Å². The van der Waals surface area contributed by atoms with Gasteiger partial charge in [-0.05, 0) is 42.0 Å². The normalized spacial score (nSPS) is 26.2. The van der Waals surface area contributed by atoms with Crippen LogP contribution in [-0.4, -0.2) is 45.6 Å². The van der Waals surface area contributed by atoms with Crippen LogP contribution in [0.2, 0.25) is 0 Å². The first kappa shape index (κ1) is 20.3. The van der Waals surface area contributed by atoms with Crippen LogP contribution >= 0.6 is 0 Å². The van der Waals surface area contributed by atoms with Gasteiger partial charge in [0.15, 0.2) is 21.0 Å². The Labute approximate surface area is 163 Å². The van der Waals surface area contributed by atoms with Crippen molar-refractivity contribution in [2.45, 2.75) is 36.3 Å². The maximum Gasteiger partial charge on any atom is 0.323 e. The lowest BCUT2D eigenvalue weighted by atomic mass is 9.60. The highest BCUT2D eigenvalue weighted by Gasteiger charge is 2.62. The molecular weight excluding hydrogens is 384 g/mol. The fraction of sp³-hybridized carbons (Fsp3) is 0.450. The number of carbonyl (C=O) groups is 3. The Balaban J connectivity index is 2.22. The lowest BCUT2D eigenvalue weighted by Gasteiger charge is -2.45. The molecule has 7 nitrogen and oxygen atoms in total. The van der Waals surface area contributed by atoms with Gasteiger partial charge in [-0.25, -0.2) is 8.42 Å². The number of ketones is 1. The summed E-state index contributed by atoms with van der Waals surface area (Å²) in [6.45, 7) is 1.71. The molecule has 0 aliphatic heterocycles. The fourth-order valence-corrected chi connectivity index (χ4v) is 6.59. The Hall–Kier alpha value is -2.48. The zero-order valence-electron chi connectivity index (χ0n) is 15.9. The van der Waals surface area contributed by atoms with Gasteiger partial charge in [0, 0.05) is 6.42 Å². The Morgan fingerprint density at radius 1 is 1.07 bits per heavy atom. The third-order valence-corrected chi connectivity index (χ3v) is 7.85. The molecule has 0 aromatic heterocycles. The molecule has 0 heterocycles. The second kappa shape index (κ2) is 6.84. The summed E-state index contributed by atoms with van der Waals surface area (Å²) in [5, 5.41) is -1.21. The first-order chi connectivity index (χ1) is 13.1. The van der Waals surface area contributed by atoms with Crippen LogP contribution in [0.25, 0.3) is 0 Å². The van der Waals surface area contributed by atoms with Gasteiger partial charge in [-0.15, -0.1) is 0 Å². The number of fused-ring (bicyclic) bond motifs is 1. The molecule has 1 aromatic rings. The van der Waals surface area contributed by atoms with Crippen LogP contribution in [0.1, 0.15) is 26.2 Å². The largest absolute Gasteiger partial charge is 0.468 e. The van der Waals surface area contributed by atoms with Gasteiger partial charge < -0.3 is 9.47 Å². The van der Waals surface area contributed by atoms with E-state index >= 15 is 0 Å². The van der Waals surface area contributed by atoms with Gasteiger partial charge in [0.1, 0.15) is 0 Å². The summed E-state index contributed by atoms with van der Waals surface area (Å²) in [6.07, 6.45) is 0.999. The molecule has 2 aliphatic rings. The molecule has 0 unspecified atom stereocenters.